The highest BCUT2D eigenvalue weighted by molar-refractivity contribution is 6.32. The van der Waals surface area contributed by atoms with E-state index < -0.39 is 11.6 Å². The Hall–Kier alpha value is -1.81. The fourth-order valence-corrected chi connectivity index (χ4v) is 1.65. The Balaban J connectivity index is 2.14. The molecule has 0 saturated heterocycles. The lowest BCUT2D eigenvalue weighted by Gasteiger charge is -2.09. The van der Waals surface area contributed by atoms with Gasteiger partial charge in [-0.3, -0.25) is 0 Å². The molecule has 0 heterocycles. The molecule has 0 spiro atoms. The molecule has 94 valence electrons. The molecule has 0 fully saturated rings. The molecule has 0 radical (unpaired) electrons. The molecule has 2 N–H and O–H groups in total. The van der Waals surface area contributed by atoms with Crippen molar-refractivity contribution in [2.45, 2.75) is 6.61 Å². The van der Waals surface area contributed by atoms with E-state index in [1.54, 1.807) is 6.07 Å². The molecular weight excluding hydrogens is 260 g/mol. The van der Waals surface area contributed by atoms with Gasteiger partial charge < -0.3 is 10.5 Å². The first-order chi connectivity index (χ1) is 8.58. The van der Waals surface area contributed by atoms with Gasteiger partial charge in [0.1, 0.15) is 12.4 Å². The molecule has 0 saturated carbocycles. The van der Waals surface area contributed by atoms with Crippen molar-refractivity contribution in [2.75, 3.05) is 5.73 Å². The minimum atomic E-state index is -0.557. The van der Waals surface area contributed by atoms with Gasteiger partial charge in [-0.25, -0.2) is 8.78 Å². The molecule has 0 unspecified atom stereocenters. The van der Waals surface area contributed by atoms with Crippen LogP contribution in [0, 0.1) is 11.6 Å². The van der Waals surface area contributed by atoms with Crippen LogP contribution in [0.4, 0.5) is 14.5 Å². The summed E-state index contributed by atoms with van der Waals surface area (Å²) in [7, 11) is 0. The number of nitrogen functional groups attached to an aromatic ring is 1. The summed E-state index contributed by atoms with van der Waals surface area (Å²) in [6.07, 6.45) is 0. The molecule has 2 aromatic rings. The van der Waals surface area contributed by atoms with Crippen molar-refractivity contribution in [1.29, 1.82) is 0 Å². The third-order valence-corrected chi connectivity index (χ3v) is 2.66. The summed E-state index contributed by atoms with van der Waals surface area (Å²) in [6, 6.07) is 8.51. The van der Waals surface area contributed by atoms with Crippen molar-refractivity contribution in [3.8, 4) is 5.75 Å². The Morgan fingerprint density at radius 1 is 1.11 bits per heavy atom. The van der Waals surface area contributed by atoms with E-state index in [9.17, 15) is 8.78 Å². The first-order valence-electron chi connectivity index (χ1n) is 5.18. The Morgan fingerprint density at radius 2 is 1.89 bits per heavy atom. The van der Waals surface area contributed by atoms with Crippen LogP contribution in [0.3, 0.4) is 0 Å². The highest BCUT2D eigenvalue weighted by Gasteiger charge is 2.08. The molecule has 0 atom stereocenters. The first kappa shape index (κ1) is 12.6. The van der Waals surface area contributed by atoms with Gasteiger partial charge in [-0.2, -0.15) is 0 Å². The van der Waals surface area contributed by atoms with E-state index in [4.69, 9.17) is 22.1 Å². The van der Waals surface area contributed by atoms with E-state index >= 15 is 0 Å². The summed E-state index contributed by atoms with van der Waals surface area (Å²) in [5.41, 5.74) is 5.95. The molecule has 18 heavy (non-hydrogen) atoms. The van der Waals surface area contributed by atoms with Crippen molar-refractivity contribution in [2.24, 2.45) is 0 Å². The second kappa shape index (κ2) is 5.23. The number of anilines is 1. The zero-order valence-corrected chi connectivity index (χ0v) is 10.0. The lowest BCUT2D eigenvalue weighted by atomic mass is 10.2. The Bertz CT molecular complexity index is 555. The highest BCUT2D eigenvalue weighted by atomic mass is 35.5. The van der Waals surface area contributed by atoms with Gasteiger partial charge >= 0.3 is 0 Å². The predicted octanol–water partition coefficient (Wildman–Crippen LogP) is 3.78. The Morgan fingerprint density at radius 3 is 2.56 bits per heavy atom. The number of para-hydroxylation sites is 1. The molecule has 0 aliphatic rings. The largest absolute Gasteiger partial charge is 0.484 e. The van der Waals surface area contributed by atoms with Crippen molar-refractivity contribution < 1.29 is 13.5 Å². The topological polar surface area (TPSA) is 35.2 Å². The highest BCUT2D eigenvalue weighted by Crippen LogP contribution is 2.28. The molecule has 0 aromatic heterocycles. The number of hydrogen-bond acceptors (Lipinski definition) is 2. The van der Waals surface area contributed by atoms with Crippen LogP contribution in [0.2, 0.25) is 5.02 Å². The molecule has 0 amide bonds. The van der Waals surface area contributed by atoms with E-state index in [1.165, 1.54) is 30.3 Å². The maximum Gasteiger partial charge on any atom is 0.174 e. The number of ether oxygens (including phenoxy) is 1. The SMILES string of the molecule is Nc1ccc(COc2c(F)cccc2Cl)cc1F. The van der Waals surface area contributed by atoms with Crippen LogP contribution >= 0.6 is 11.6 Å². The molecule has 0 aliphatic heterocycles. The smallest absolute Gasteiger partial charge is 0.174 e. The average molecular weight is 270 g/mol. The van der Waals surface area contributed by atoms with Gasteiger partial charge in [0.25, 0.3) is 0 Å². The number of hydrogen-bond donors (Lipinski definition) is 1. The van der Waals surface area contributed by atoms with Crippen LogP contribution in [-0.4, -0.2) is 0 Å². The van der Waals surface area contributed by atoms with Crippen LogP contribution in [0.25, 0.3) is 0 Å². The molecule has 2 aromatic carbocycles. The van der Waals surface area contributed by atoms with Gasteiger partial charge in [0, 0.05) is 0 Å². The van der Waals surface area contributed by atoms with E-state index in [1.807, 2.05) is 0 Å². The average Bonchev–Trinajstić information content (AvgIpc) is 2.33. The second-order valence-corrected chi connectivity index (χ2v) is 4.10. The molecule has 2 nitrogen and oxygen atoms in total. The van der Waals surface area contributed by atoms with Gasteiger partial charge in [-0.15, -0.1) is 0 Å². The number of halogens is 3. The lowest BCUT2D eigenvalue weighted by molar-refractivity contribution is 0.290. The Labute approximate surface area is 108 Å². The summed E-state index contributed by atoms with van der Waals surface area (Å²) in [5, 5.41) is 0.172. The Kier molecular flexibility index (Phi) is 3.67. The zero-order valence-electron chi connectivity index (χ0n) is 9.29. The minimum absolute atomic E-state index is 0.0118. The number of benzene rings is 2. The van der Waals surface area contributed by atoms with Crippen molar-refractivity contribution >= 4 is 17.3 Å². The third kappa shape index (κ3) is 2.71. The standard InChI is InChI=1S/C13H10ClF2NO/c14-9-2-1-3-10(15)13(9)18-7-8-4-5-12(17)11(16)6-8/h1-6H,7,17H2. The summed E-state index contributed by atoms with van der Waals surface area (Å²) < 4.78 is 31.8. The summed E-state index contributed by atoms with van der Waals surface area (Å²) in [4.78, 5) is 0. The second-order valence-electron chi connectivity index (χ2n) is 3.70. The molecule has 0 bridgehead atoms. The minimum Gasteiger partial charge on any atom is -0.484 e. The van der Waals surface area contributed by atoms with Gasteiger partial charge in [-0.05, 0) is 29.8 Å². The van der Waals surface area contributed by atoms with Crippen molar-refractivity contribution in [3.05, 3.63) is 58.6 Å². The quantitative estimate of drug-likeness (QED) is 0.861. The van der Waals surface area contributed by atoms with E-state index in [2.05, 4.69) is 0 Å². The number of rotatable bonds is 3. The maximum absolute atomic E-state index is 13.4. The monoisotopic (exact) mass is 269 g/mol. The van der Waals surface area contributed by atoms with Gasteiger partial charge in [0.15, 0.2) is 11.6 Å². The van der Waals surface area contributed by atoms with Crippen LogP contribution in [0.5, 0.6) is 5.75 Å². The van der Waals surface area contributed by atoms with Gasteiger partial charge in [0.2, 0.25) is 0 Å². The molecule has 5 heteroatoms. The third-order valence-electron chi connectivity index (χ3n) is 2.37. The van der Waals surface area contributed by atoms with Crippen LogP contribution < -0.4 is 10.5 Å². The first-order valence-corrected chi connectivity index (χ1v) is 5.56. The van der Waals surface area contributed by atoms with Gasteiger partial charge in [0.05, 0.1) is 10.7 Å². The lowest BCUT2D eigenvalue weighted by Crippen LogP contribution is -2.00. The summed E-state index contributed by atoms with van der Waals surface area (Å²) >= 11 is 5.79. The van der Waals surface area contributed by atoms with Crippen LogP contribution in [0.15, 0.2) is 36.4 Å². The molecular formula is C13H10ClF2NO. The summed E-state index contributed by atoms with van der Waals surface area (Å²) in [5.74, 6) is -1.13. The van der Waals surface area contributed by atoms with Crippen molar-refractivity contribution in [3.63, 3.8) is 0 Å². The maximum atomic E-state index is 13.4. The summed E-state index contributed by atoms with van der Waals surface area (Å²) in [6.45, 7) is 0.0118. The zero-order chi connectivity index (χ0) is 13.1. The predicted molar refractivity (Wildman–Crippen MR) is 66.6 cm³/mol. The molecule has 2 rings (SSSR count). The fourth-order valence-electron chi connectivity index (χ4n) is 1.44. The number of nitrogens with two attached hydrogens (primary N) is 1. The van der Waals surface area contributed by atoms with Crippen LogP contribution in [0.1, 0.15) is 5.56 Å². The van der Waals surface area contributed by atoms with E-state index in [-0.39, 0.29) is 23.1 Å². The van der Waals surface area contributed by atoms with Crippen molar-refractivity contribution in [1.82, 2.24) is 0 Å². The van der Waals surface area contributed by atoms with E-state index in [0.717, 1.165) is 0 Å². The van der Waals surface area contributed by atoms with E-state index in [0.29, 0.717) is 5.56 Å². The normalized spacial score (nSPS) is 10.4. The van der Waals surface area contributed by atoms with Gasteiger partial charge in [-0.1, -0.05) is 23.7 Å². The fraction of sp³-hybridized carbons (Fsp3) is 0.0769. The molecule has 0 aliphatic carbocycles. The van der Waals surface area contributed by atoms with Crippen LogP contribution in [-0.2, 0) is 6.61 Å².